The van der Waals surface area contributed by atoms with E-state index in [1.807, 2.05) is 51.1 Å². The number of carbonyl (C=O) groups excluding carboxylic acids is 1. The van der Waals surface area contributed by atoms with E-state index in [1.165, 1.54) is 6.08 Å². The molecule has 0 N–H and O–H groups in total. The molecule has 1 aliphatic carbocycles. The van der Waals surface area contributed by atoms with E-state index in [4.69, 9.17) is 10.00 Å². The maximum absolute atomic E-state index is 12.7. The van der Waals surface area contributed by atoms with E-state index in [1.54, 1.807) is 17.2 Å². The molecule has 0 unspecified atom stereocenters. The first-order chi connectivity index (χ1) is 12.4. The van der Waals surface area contributed by atoms with Gasteiger partial charge in [0.15, 0.2) is 0 Å². The molecule has 3 rings (SSSR count). The lowest BCUT2D eigenvalue weighted by atomic mass is 10.0. The smallest absolute Gasteiger partial charge is 0.410 e. The second-order valence-corrected chi connectivity index (χ2v) is 7.56. The van der Waals surface area contributed by atoms with E-state index < -0.39 is 5.60 Å². The lowest BCUT2D eigenvalue weighted by Crippen LogP contribution is -2.37. The SMILES string of the molecule is CC(C)(C)OC(=O)N(Cc1cc(C=CC#N)cc2cccnc12)C1CC1. The van der Waals surface area contributed by atoms with Gasteiger partial charge in [-0.1, -0.05) is 6.07 Å². The maximum Gasteiger partial charge on any atom is 0.410 e. The highest BCUT2D eigenvalue weighted by Crippen LogP contribution is 2.31. The van der Waals surface area contributed by atoms with Crippen LogP contribution in [0.2, 0.25) is 0 Å². The molecule has 0 bridgehead atoms. The van der Waals surface area contributed by atoms with Crippen LogP contribution in [0.15, 0.2) is 36.5 Å². The summed E-state index contributed by atoms with van der Waals surface area (Å²) in [5.74, 6) is 0. The van der Waals surface area contributed by atoms with Crippen LogP contribution < -0.4 is 0 Å². The summed E-state index contributed by atoms with van der Waals surface area (Å²) in [4.78, 5) is 19.0. The van der Waals surface area contributed by atoms with Gasteiger partial charge in [0.1, 0.15) is 5.60 Å². The van der Waals surface area contributed by atoms with E-state index in [0.717, 1.165) is 34.9 Å². The highest BCUT2D eigenvalue weighted by Gasteiger charge is 2.35. The highest BCUT2D eigenvalue weighted by molar-refractivity contribution is 5.85. The van der Waals surface area contributed by atoms with Crippen LogP contribution in [0, 0.1) is 11.3 Å². The van der Waals surface area contributed by atoms with Crippen molar-refractivity contribution in [2.75, 3.05) is 0 Å². The highest BCUT2D eigenvalue weighted by atomic mass is 16.6. The molecule has 5 heteroatoms. The van der Waals surface area contributed by atoms with Crippen molar-refractivity contribution in [3.63, 3.8) is 0 Å². The maximum atomic E-state index is 12.7. The molecule has 2 aromatic rings. The topological polar surface area (TPSA) is 66.2 Å². The van der Waals surface area contributed by atoms with Crippen LogP contribution in [0.25, 0.3) is 17.0 Å². The van der Waals surface area contributed by atoms with Crippen LogP contribution in [0.4, 0.5) is 4.79 Å². The quantitative estimate of drug-likeness (QED) is 0.752. The minimum Gasteiger partial charge on any atom is -0.444 e. The van der Waals surface area contributed by atoms with Gasteiger partial charge in [0.25, 0.3) is 0 Å². The van der Waals surface area contributed by atoms with Gasteiger partial charge >= 0.3 is 6.09 Å². The van der Waals surface area contributed by atoms with E-state index in [2.05, 4.69) is 4.98 Å². The van der Waals surface area contributed by atoms with Crippen LogP contribution in [-0.4, -0.2) is 27.6 Å². The van der Waals surface area contributed by atoms with Gasteiger partial charge in [-0.2, -0.15) is 5.26 Å². The number of benzene rings is 1. The van der Waals surface area contributed by atoms with Crippen molar-refractivity contribution >= 4 is 23.1 Å². The summed E-state index contributed by atoms with van der Waals surface area (Å²) in [6, 6.07) is 10.1. The minimum absolute atomic E-state index is 0.224. The Morgan fingerprint density at radius 1 is 1.42 bits per heavy atom. The van der Waals surface area contributed by atoms with Crippen molar-refractivity contribution in [2.24, 2.45) is 0 Å². The molecule has 1 aromatic carbocycles. The van der Waals surface area contributed by atoms with Gasteiger partial charge in [0, 0.05) is 23.7 Å². The molecule has 0 saturated heterocycles. The van der Waals surface area contributed by atoms with E-state index in [-0.39, 0.29) is 12.1 Å². The van der Waals surface area contributed by atoms with E-state index in [9.17, 15) is 4.79 Å². The first-order valence-electron chi connectivity index (χ1n) is 8.81. The van der Waals surface area contributed by atoms with Crippen molar-refractivity contribution in [1.82, 2.24) is 9.88 Å². The predicted octanol–water partition coefficient (Wildman–Crippen LogP) is 4.67. The Morgan fingerprint density at radius 2 is 2.19 bits per heavy atom. The van der Waals surface area contributed by atoms with Crippen molar-refractivity contribution in [2.45, 2.75) is 51.8 Å². The van der Waals surface area contributed by atoms with Crippen LogP contribution in [0.1, 0.15) is 44.7 Å². The summed E-state index contributed by atoms with van der Waals surface area (Å²) in [5, 5.41) is 9.79. The van der Waals surface area contributed by atoms with Crippen LogP contribution >= 0.6 is 0 Å². The molecule has 1 fully saturated rings. The lowest BCUT2D eigenvalue weighted by Gasteiger charge is -2.27. The number of nitriles is 1. The zero-order valence-corrected chi connectivity index (χ0v) is 15.4. The molecule has 0 aliphatic heterocycles. The number of pyridine rings is 1. The Morgan fingerprint density at radius 3 is 2.85 bits per heavy atom. The second kappa shape index (κ2) is 7.17. The number of allylic oxidation sites excluding steroid dienone is 1. The van der Waals surface area contributed by atoms with Gasteiger partial charge < -0.3 is 9.64 Å². The summed E-state index contributed by atoms with van der Waals surface area (Å²) in [7, 11) is 0. The van der Waals surface area contributed by atoms with Crippen LogP contribution in [0.5, 0.6) is 0 Å². The molecular weight excluding hydrogens is 326 g/mol. The van der Waals surface area contributed by atoms with Crippen LogP contribution in [-0.2, 0) is 11.3 Å². The normalized spacial score (nSPS) is 14.4. The Balaban J connectivity index is 1.96. The molecule has 1 aliphatic rings. The van der Waals surface area contributed by atoms with Gasteiger partial charge in [-0.05, 0) is 69.0 Å². The number of fused-ring (bicyclic) bond motifs is 1. The molecule has 134 valence electrons. The van der Waals surface area contributed by atoms with Crippen molar-refractivity contribution < 1.29 is 9.53 Å². The van der Waals surface area contributed by atoms with Gasteiger partial charge in [-0.3, -0.25) is 4.98 Å². The average molecular weight is 349 g/mol. The van der Waals surface area contributed by atoms with E-state index >= 15 is 0 Å². The summed E-state index contributed by atoms with van der Waals surface area (Å²) >= 11 is 0. The van der Waals surface area contributed by atoms with Crippen LogP contribution in [0.3, 0.4) is 0 Å². The Kier molecular flexibility index (Phi) is 4.94. The summed E-state index contributed by atoms with van der Waals surface area (Å²) in [5.41, 5.74) is 2.22. The number of amides is 1. The van der Waals surface area contributed by atoms with Gasteiger partial charge in [-0.15, -0.1) is 0 Å². The largest absolute Gasteiger partial charge is 0.444 e. The number of aromatic nitrogens is 1. The predicted molar refractivity (Wildman–Crippen MR) is 101 cm³/mol. The first kappa shape index (κ1) is 17.9. The fourth-order valence-electron chi connectivity index (χ4n) is 2.88. The monoisotopic (exact) mass is 349 g/mol. The second-order valence-electron chi connectivity index (χ2n) is 7.56. The standard InChI is InChI=1S/C21H23N3O2/c1-21(2,3)26-20(25)24(18-8-9-18)14-17-13-15(6-4-10-22)12-16-7-5-11-23-19(16)17/h4-7,11-13,18H,8-9,14H2,1-3H3. The minimum atomic E-state index is -0.526. The zero-order valence-electron chi connectivity index (χ0n) is 15.4. The molecule has 0 spiro atoms. The molecule has 1 saturated carbocycles. The van der Waals surface area contributed by atoms with Crippen molar-refractivity contribution in [3.05, 3.63) is 47.7 Å². The molecular formula is C21H23N3O2. The molecule has 1 heterocycles. The molecule has 0 atom stereocenters. The van der Waals surface area contributed by atoms with E-state index in [0.29, 0.717) is 6.54 Å². The molecule has 26 heavy (non-hydrogen) atoms. The third-order valence-electron chi connectivity index (χ3n) is 4.11. The van der Waals surface area contributed by atoms with Gasteiger partial charge in [-0.25, -0.2) is 4.79 Å². The number of ether oxygens (including phenoxy) is 1. The number of hydrogen-bond acceptors (Lipinski definition) is 4. The summed E-state index contributed by atoms with van der Waals surface area (Å²) in [6.07, 6.45) is 6.68. The first-order valence-corrected chi connectivity index (χ1v) is 8.81. The van der Waals surface area contributed by atoms with Crippen molar-refractivity contribution in [3.8, 4) is 6.07 Å². The third-order valence-corrected chi connectivity index (χ3v) is 4.11. The molecule has 1 aromatic heterocycles. The average Bonchev–Trinajstić information content (AvgIpc) is 3.40. The molecule has 5 nitrogen and oxygen atoms in total. The van der Waals surface area contributed by atoms with Gasteiger partial charge in [0.2, 0.25) is 0 Å². The third kappa shape index (κ3) is 4.40. The summed E-state index contributed by atoms with van der Waals surface area (Å²) in [6.45, 7) is 6.07. The number of carbonyl (C=O) groups is 1. The number of rotatable bonds is 4. The lowest BCUT2D eigenvalue weighted by molar-refractivity contribution is 0.0217. The summed E-state index contributed by atoms with van der Waals surface area (Å²) < 4.78 is 5.59. The Hall–Kier alpha value is -2.87. The fourth-order valence-corrected chi connectivity index (χ4v) is 2.88. The number of nitrogens with zero attached hydrogens (tertiary/aromatic N) is 3. The van der Waals surface area contributed by atoms with Gasteiger partial charge in [0.05, 0.1) is 18.1 Å². The zero-order chi connectivity index (χ0) is 18.7. The fraction of sp³-hybridized carbons (Fsp3) is 0.381. The Bertz CT molecular complexity index is 886. The molecule has 0 radical (unpaired) electrons. The number of hydrogen-bond donors (Lipinski definition) is 0. The molecule has 1 amide bonds. The van der Waals surface area contributed by atoms with Crippen molar-refractivity contribution in [1.29, 1.82) is 5.26 Å². The Labute approximate surface area is 153 Å².